The number of ketones is 1. The van der Waals surface area contributed by atoms with Crippen LogP contribution in [0.4, 0.5) is 0 Å². The van der Waals surface area contributed by atoms with Crippen LogP contribution in [0.2, 0.25) is 5.02 Å². The average molecular weight is 428 g/mol. The summed E-state index contributed by atoms with van der Waals surface area (Å²) in [5.74, 6) is 2.40. The number of halogens is 1. The van der Waals surface area contributed by atoms with Crippen molar-refractivity contribution in [1.29, 1.82) is 0 Å². The quantitative estimate of drug-likeness (QED) is 0.533. The Morgan fingerprint density at radius 2 is 2.00 bits per heavy atom. The molecular weight excluding hydrogens is 402 g/mol. The molecule has 0 unspecified atom stereocenters. The first kappa shape index (κ1) is 20.6. The molecule has 0 aliphatic carbocycles. The van der Waals surface area contributed by atoms with Crippen molar-refractivity contribution in [2.24, 2.45) is 0 Å². The summed E-state index contributed by atoms with van der Waals surface area (Å²) in [6.07, 6.45) is 4.55. The Bertz CT molecular complexity index is 970. The van der Waals surface area contributed by atoms with Gasteiger partial charge in [-0.2, -0.15) is 0 Å². The molecule has 5 nitrogen and oxygen atoms in total. The molecular formula is C24H26ClNO4. The summed E-state index contributed by atoms with van der Waals surface area (Å²) in [5.41, 5.74) is 4.03. The van der Waals surface area contributed by atoms with Gasteiger partial charge in [0.15, 0.2) is 17.3 Å². The highest BCUT2D eigenvalue weighted by Gasteiger charge is 2.20. The van der Waals surface area contributed by atoms with Gasteiger partial charge in [0.2, 0.25) is 0 Å². The molecule has 4 rings (SSSR count). The fourth-order valence-corrected chi connectivity index (χ4v) is 3.76. The molecule has 30 heavy (non-hydrogen) atoms. The second-order valence-corrected chi connectivity index (χ2v) is 7.98. The number of hydrogen-bond acceptors (Lipinski definition) is 5. The number of carbonyl (C=O) groups is 1. The molecule has 0 spiro atoms. The van der Waals surface area contributed by atoms with E-state index in [-0.39, 0.29) is 5.78 Å². The van der Waals surface area contributed by atoms with Crippen molar-refractivity contribution in [3.05, 3.63) is 58.1 Å². The van der Waals surface area contributed by atoms with E-state index < -0.39 is 0 Å². The predicted molar refractivity (Wildman–Crippen MR) is 118 cm³/mol. The normalized spacial score (nSPS) is 16.4. The van der Waals surface area contributed by atoms with Gasteiger partial charge in [-0.05, 0) is 61.2 Å². The van der Waals surface area contributed by atoms with Crippen LogP contribution in [0.25, 0.3) is 5.70 Å². The van der Waals surface area contributed by atoms with Gasteiger partial charge in [0.1, 0.15) is 5.75 Å². The average Bonchev–Trinajstić information content (AvgIpc) is 2.97. The monoisotopic (exact) mass is 427 g/mol. The summed E-state index contributed by atoms with van der Waals surface area (Å²) in [6.45, 7) is 4.53. The molecule has 0 saturated carbocycles. The molecule has 0 atom stereocenters. The van der Waals surface area contributed by atoms with Gasteiger partial charge >= 0.3 is 0 Å². The minimum Gasteiger partial charge on any atom is -0.494 e. The summed E-state index contributed by atoms with van der Waals surface area (Å²) in [7, 11) is 0. The third-order valence-corrected chi connectivity index (χ3v) is 5.67. The van der Waals surface area contributed by atoms with Gasteiger partial charge in [0.05, 0.1) is 19.8 Å². The van der Waals surface area contributed by atoms with E-state index in [4.69, 9.17) is 25.8 Å². The lowest BCUT2D eigenvalue weighted by atomic mass is 9.96. The van der Waals surface area contributed by atoms with Crippen LogP contribution >= 0.6 is 11.6 Å². The molecule has 0 aromatic heterocycles. The fourth-order valence-electron chi connectivity index (χ4n) is 3.64. The number of allylic oxidation sites excluding steroid dienone is 1. The molecule has 2 heterocycles. The van der Waals surface area contributed by atoms with Gasteiger partial charge in [-0.25, -0.2) is 0 Å². The molecule has 0 bridgehead atoms. The van der Waals surface area contributed by atoms with Gasteiger partial charge in [-0.1, -0.05) is 11.6 Å². The van der Waals surface area contributed by atoms with Crippen molar-refractivity contribution in [3.8, 4) is 17.2 Å². The Morgan fingerprint density at radius 3 is 2.80 bits per heavy atom. The largest absolute Gasteiger partial charge is 0.494 e. The molecule has 158 valence electrons. The van der Waals surface area contributed by atoms with E-state index in [1.54, 1.807) is 6.08 Å². The van der Waals surface area contributed by atoms with Crippen LogP contribution in [0, 0.1) is 6.92 Å². The second kappa shape index (κ2) is 9.43. The molecule has 2 aromatic rings. The number of ether oxygens (including phenoxy) is 3. The highest BCUT2D eigenvalue weighted by molar-refractivity contribution is 6.31. The smallest absolute Gasteiger partial charge is 0.161 e. The number of carbonyl (C=O) groups excluding carboxylic acids is 1. The van der Waals surface area contributed by atoms with E-state index in [1.165, 1.54) is 5.56 Å². The third kappa shape index (κ3) is 4.90. The predicted octanol–water partition coefficient (Wildman–Crippen LogP) is 4.72. The highest BCUT2D eigenvalue weighted by Crippen LogP contribution is 2.36. The Labute approximate surface area is 182 Å². The number of benzene rings is 2. The van der Waals surface area contributed by atoms with Crippen LogP contribution in [0.5, 0.6) is 17.2 Å². The van der Waals surface area contributed by atoms with Gasteiger partial charge in [-0.15, -0.1) is 0 Å². The maximum atomic E-state index is 12.5. The maximum absolute atomic E-state index is 12.5. The molecule has 2 aliphatic heterocycles. The van der Waals surface area contributed by atoms with Gasteiger partial charge < -0.3 is 19.5 Å². The summed E-state index contributed by atoms with van der Waals surface area (Å²) < 4.78 is 17.3. The van der Waals surface area contributed by atoms with Crippen LogP contribution in [0.1, 0.15) is 36.0 Å². The SMILES string of the molecule is Cc1cc(OCCCC(=O)/C=C2\NCCc3cc4c(cc32)OCCCO4)ccc1Cl. The van der Waals surface area contributed by atoms with Crippen molar-refractivity contribution < 1.29 is 19.0 Å². The number of nitrogens with one attached hydrogen (secondary N) is 1. The van der Waals surface area contributed by atoms with Crippen LogP contribution in [-0.4, -0.2) is 32.1 Å². The number of fused-ring (bicyclic) bond motifs is 2. The topological polar surface area (TPSA) is 56.8 Å². The van der Waals surface area contributed by atoms with E-state index in [1.807, 2.05) is 31.2 Å². The molecule has 0 amide bonds. The van der Waals surface area contributed by atoms with E-state index in [0.29, 0.717) is 32.7 Å². The van der Waals surface area contributed by atoms with Crippen LogP contribution in [0.15, 0.2) is 36.4 Å². The fraction of sp³-hybridized carbons (Fsp3) is 0.375. The minimum atomic E-state index is 0.0772. The second-order valence-electron chi connectivity index (χ2n) is 7.57. The minimum absolute atomic E-state index is 0.0772. The van der Waals surface area contributed by atoms with Gasteiger partial charge in [-0.3, -0.25) is 4.79 Å². The first-order valence-corrected chi connectivity index (χ1v) is 10.8. The standard InChI is InChI=1S/C24H26ClNO4/c1-16-12-19(5-6-21(16)25)28-9-2-4-18(27)14-22-20-15-24-23(29-10-3-11-30-24)13-17(20)7-8-26-22/h5-6,12-15,26H,2-4,7-11H2,1H3/b22-14-. The molecule has 2 aromatic carbocycles. The zero-order valence-electron chi connectivity index (χ0n) is 17.1. The molecule has 2 aliphatic rings. The van der Waals surface area contributed by atoms with Gasteiger partial charge in [0.25, 0.3) is 0 Å². The Balaban J connectivity index is 1.37. The van der Waals surface area contributed by atoms with Crippen molar-refractivity contribution in [1.82, 2.24) is 5.32 Å². The number of rotatable bonds is 6. The van der Waals surface area contributed by atoms with Crippen LogP contribution in [-0.2, 0) is 11.2 Å². The van der Waals surface area contributed by atoms with Crippen molar-refractivity contribution in [2.45, 2.75) is 32.6 Å². The van der Waals surface area contributed by atoms with Crippen LogP contribution < -0.4 is 19.5 Å². The van der Waals surface area contributed by atoms with Crippen molar-refractivity contribution >= 4 is 23.1 Å². The van der Waals surface area contributed by atoms with Gasteiger partial charge in [0, 0.05) is 41.7 Å². The lowest BCUT2D eigenvalue weighted by Crippen LogP contribution is -2.23. The van der Waals surface area contributed by atoms with E-state index in [2.05, 4.69) is 11.4 Å². The third-order valence-electron chi connectivity index (χ3n) is 5.24. The summed E-state index contributed by atoms with van der Waals surface area (Å²) in [5, 5.41) is 4.08. The molecule has 6 heteroatoms. The van der Waals surface area contributed by atoms with Crippen molar-refractivity contribution in [3.63, 3.8) is 0 Å². The summed E-state index contributed by atoms with van der Waals surface area (Å²) >= 11 is 6.03. The summed E-state index contributed by atoms with van der Waals surface area (Å²) in [6, 6.07) is 9.62. The first-order valence-electron chi connectivity index (χ1n) is 10.4. The molecule has 1 N–H and O–H groups in total. The van der Waals surface area contributed by atoms with Crippen LogP contribution in [0.3, 0.4) is 0 Å². The first-order chi connectivity index (χ1) is 14.6. The Hall–Kier alpha value is -2.66. The number of aryl methyl sites for hydroxylation is 1. The molecule has 0 saturated heterocycles. The summed E-state index contributed by atoms with van der Waals surface area (Å²) in [4.78, 5) is 12.5. The zero-order valence-corrected chi connectivity index (χ0v) is 17.9. The Kier molecular flexibility index (Phi) is 6.48. The zero-order chi connectivity index (χ0) is 20.9. The lowest BCUT2D eigenvalue weighted by molar-refractivity contribution is -0.114. The highest BCUT2D eigenvalue weighted by atomic mass is 35.5. The van der Waals surface area contributed by atoms with E-state index in [9.17, 15) is 4.79 Å². The van der Waals surface area contributed by atoms with Crippen molar-refractivity contribution in [2.75, 3.05) is 26.4 Å². The van der Waals surface area contributed by atoms with E-state index in [0.717, 1.165) is 58.5 Å². The van der Waals surface area contributed by atoms with E-state index >= 15 is 0 Å². The maximum Gasteiger partial charge on any atom is 0.161 e. The molecule has 0 fully saturated rings. The Morgan fingerprint density at radius 1 is 1.20 bits per heavy atom. The lowest BCUT2D eigenvalue weighted by Gasteiger charge is -2.23. The molecule has 0 radical (unpaired) electrons. The number of hydrogen-bond donors (Lipinski definition) is 1.